The van der Waals surface area contributed by atoms with Gasteiger partial charge in [0.15, 0.2) is 9.84 Å². The first-order chi connectivity index (χ1) is 13.4. The van der Waals surface area contributed by atoms with E-state index < -0.39 is 9.84 Å². The maximum atomic E-state index is 12.4. The SMILES string of the molecule is CCN(CC(=O)Nc1ccc(Oc2ccccc2Cl)cc1)[C@H]1CCS(=O)(=O)C1. The van der Waals surface area contributed by atoms with E-state index in [4.69, 9.17) is 16.3 Å². The average molecular weight is 423 g/mol. The molecule has 2 aromatic carbocycles. The van der Waals surface area contributed by atoms with Crippen LogP contribution in [0.4, 0.5) is 5.69 Å². The van der Waals surface area contributed by atoms with Gasteiger partial charge in [-0.25, -0.2) is 8.42 Å². The fraction of sp³-hybridized carbons (Fsp3) is 0.350. The highest BCUT2D eigenvalue weighted by Crippen LogP contribution is 2.29. The third-order valence-corrected chi connectivity index (χ3v) is 6.74. The summed E-state index contributed by atoms with van der Waals surface area (Å²) in [6, 6.07) is 14.1. The number of amides is 1. The number of sulfone groups is 1. The normalized spacial score (nSPS) is 18.2. The maximum Gasteiger partial charge on any atom is 0.238 e. The Balaban J connectivity index is 1.56. The van der Waals surface area contributed by atoms with Crippen molar-refractivity contribution in [1.82, 2.24) is 4.90 Å². The van der Waals surface area contributed by atoms with E-state index in [9.17, 15) is 13.2 Å². The van der Waals surface area contributed by atoms with E-state index in [0.717, 1.165) is 0 Å². The Hall–Kier alpha value is -2.09. The number of anilines is 1. The van der Waals surface area contributed by atoms with Gasteiger partial charge >= 0.3 is 0 Å². The van der Waals surface area contributed by atoms with Gasteiger partial charge in [-0.2, -0.15) is 0 Å². The molecular formula is C20H23ClN2O4S. The van der Waals surface area contributed by atoms with Crippen molar-refractivity contribution >= 4 is 33.0 Å². The van der Waals surface area contributed by atoms with E-state index in [2.05, 4.69) is 5.32 Å². The number of rotatable bonds is 7. The zero-order chi connectivity index (χ0) is 20.1. The Bertz CT molecular complexity index is 931. The van der Waals surface area contributed by atoms with Crippen molar-refractivity contribution in [2.75, 3.05) is 29.9 Å². The Morgan fingerprint density at radius 1 is 1.21 bits per heavy atom. The molecule has 0 spiro atoms. The van der Waals surface area contributed by atoms with Crippen molar-refractivity contribution in [2.24, 2.45) is 0 Å². The lowest BCUT2D eigenvalue weighted by atomic mass is 10.2. The van der Waals surface area contributed by atoms with E-state index >= 15 is 0 Å². The largest absolute Gasteiger partial charge is 0.456 e. The van der Waals surface area contributed by atoms with Gasteiger partial charge in [0.25, 0.3) is 0 Å². The molecule has 3 rings (SSSR count). The number of benzene rings is 2. The van der Waals surface area contributed by atoms with Gasteiger partial charge in [-0.1, -0.05) is 30.7 Å². The summed E-state index contributed by atoms with van der Waals surface area (Å²) in [5.41, 5.74) is 0.645. The van der Waals surface area contributed by atoms with Crippen molar-refractivity contribution in [3.05, 3.63) is 53.6 Å². The number of halogens is 1. The summed E-state index contributed by atoms with van der Waals surface area (Å²) in [6.45, 7) is 2.71. The van der Waals surface area contributed by atoms with Crippen LogP contribution in [-0.2, 0) is 14.6 Å². The summed E-state index contributed by atoms with van der Waals surface area (Å²) in [7, 11) is -2.98. The molecule has 1 heterocycles. The first-order valence-corrected chi connectivity index (χ1v) is 11.3. The number of hydrogen-bond donors (Lipinski definition) is 1. The van der Waals surface area contributed by atoms with Crippen LogP contribution in [0, 0.1) is 0 Å². The molecular weight excluding hydrogens is 400 g/mol. The smallest absolute Gasteiger partial charge is 0.238 e. The van der Waals surface area contributed by atoms with E-state index in [1.165, 1.54) is 0 Å². The van der Waals surface area contributed by atoms with Gasteiger partial charge in [0.1, 0.15) is 11.5 Å². The molecule has 1 N–H and O–H groups in total. The topological polar surface area (TPSA) is 75.7 Å². The van der Waals surface area contributed by atoms with Crippen LogP contribution >= 0.6 is 11.6 Å². The molecule has 28 heavy (non-hydrogen) atoms. The van der Waals surface area contributed by atoms with Crippen LogP contribution < -0.4 is 10.1 Å². The van der Waals surface area contributed by atoms with Crippen LogP contribution in [0.5, 0.6) is 11.5 Å². The van der Waals surface area contributed by atoms with Crippen molar-refractivity contribution in [3.63, 3.8) is 0 Å². The predicted octanol–water partition coefficient (Wildman–Crippen LogP) is 3.58. The highest BCUT2D eigenvalue weighted by molar-refractivity contribution is 7.91. The Morgan fingerprint density at radius 2 is 1.93 bits per heavy atom. The van der Waals surface area contributed by atoms with E-state index in [1.54, 1.807) is 36.4 Å². The highest BCUT2D eigenvalue weighted by atomic mass is 35.5. The second-order valence-electron chi connectivity index (χ2n) is 6.72. The van der Waals surface area contributed by atoms with Crippen molar-refractivity contribution in [3.8, 4) is 11.5 Å². The first-order valence-electron chi connectivity index (χ1n) is 9.13. The number of carbonyl (C=O) groups is 1. The monoisotopic (exact) mass is 422 g/mol. The zero-order valence-corrected chi connectivity index (χ0v) is 17.2. The van der Waals surface area contributed by atoms with Crippen LogP contribution in [-0.4, -0.2) is 49.9 Å². The molecule has 1 atom stereocenters. The average Bonchev–Trinajstić information content (AvgIpc) is 3.03. The summed E-state index contributed by atoms with van der Waals surface area (Å²) in [6.07, 6.45) is 0.581. The molecule has 0 aromatic heterocycles. The number of nitrogens with zero attached hydrogens (tertiary/aromatic N) is 1. The second kappa shape index (κ2) is 8.94. The van der Waals surface area contributed by atoms with Crippen LogP contribution in [0.15, 0.2) is 48.5 Å². The molecule has 1 fully saturated rings. The molecule has 0 aliphatic carbocycles. The number of para-hydroxylation sites is 1. The first kappa shape index (κ1) is 20.6. The zero-order valence-electron chi connectivity index (χ0n) is 15.6. The molecule has 0 radical (unpaired) electrons. The lowest BCUT2D eigenvalue weighted by Crippen LogP contribution is -2.41. The standard InChI is InChI=1S/C20H23ClN2O4S/c1-2-23(16-11-12-28(25,26)14-16)13-20(24)22-15-7-9-17(10-8-15)27-19-6-4-3-5-18(19)21/h3-10,16H,2,11-14H2,1H3,(H,22,24)/t16-/m0/s1. The van der Waals surface area contributed by atoms with Crippen LogP contribution in [0.25, 0.3) is 0 Å². The molecule has 1 saturated heterocycles. The van der Waals surface area contributed by atoms with Crippen molar-refractivity contribution in [1.29, 1.82) is 0 Å². The van der Waals surface area contributed by atoms with Gasteiger partial charge in [0.05, 0.1) is 23.1 Å². The van der Waals surface area contributed by atoms with Gasteiger partial charge in [0.2, 0.25) is 5.91 Å². The molecule has 0 bridgehead atoms. The Kier molecular flexibility index (Phi) is 6.59. The number of carbonyl (C=O) groups excluding carboxylic acids is 1. The van der Waals surface area contributed by atoms with Gasteiger partial charge in [0, 0.05) is 11.7 Å². The van der Waals surface area contributed by atoms with Gasteiger partial charge in [-0.05, 0) is 49.4 Å². The summed E-state index contributed by atoms with van der Waals surface area (Å²) >= 11 is 6.08. The van der Waals surface area contributed by atoms with Gasteiger partial charge in [-0.15, -0.1) is 0 Å². The van der Waals surface area contributed by atoms with Crippen molar-refractivity contribution < 1.29 is 17.9 Å². The quantitative estimate of drug-likeness (QED) is 0.738. The highest BCUT2D eigenvalue weighted by Gasteiger charge is 2.32. The number of ether oxygens (including phenoxy) is 1. The van der Waals surface area contributed by atoms with E-state index in [-0.39, 0.29) is 30.0 Å². The summed E-state index contributed by atoms with van der Waals surface area (Å²) in [5, 5.41) is 3.36. The second-order valence-corrected chi connectivity index (χ2v) is 9.36. The Morgan fingerprint density at radius 3 is 2.54 bits per heavy atom. The summed E-state index contributed by atoms with van der Waals surface area (Å²) < 4.78 is 29.1. The summed E-state index contributed by atoms with van der Waals surface area (Å²) in [4.78, 5) is 14.3. The van der Waals surface area contributed by atoms with Crippen LogP contribution in [0.1, 0.15) is 13.3 Å². The molecule has 0 unspecified atom stereocenters. The fourth-order valence-corrected chi connectivity index (χ4v) is 5.14. The number of hydrogen-bond acceptors (Lipinski definition) is 5. The molecule has 150 valence electrons. The van der Waals surface area contributed by atoms with Gasteiger partial charge in [-0.3, -0.25) is 9.69 Å². The number of likely N-dealkylation sites (N-methyl/N-ethyl adjacent to an activating group) is 1. The Labute approximate surface area is 170 Å². The molecule has 1 aliphatic rings. The molecule has 0 saturated carbocycles. The molecule has 1 aliphatic heterocycles. The molecule has 1 amide bonds. The minimum Gasteiger partial charge on any atom is -0.456 e. The molecule has 2 aromatic rings. The third kappa shape index (κ3) is 5.47. The minimum atomic E-state index is -2.98. The van der Waals surface area contributed by atoms with Crippen LogP contribution in [0.3, 0.4) is 0 Å². The third-order valence-electron chi connectivity index (χ3n) is 4.68. The molecule has 8 heteroatoms. The van der Waals surface area contributed by atoms with Gasteiger partial charge < -0.3 is 10.1 Å². The maximum absolute atomic E-state index is 12.4. The molecule has 6 nitrogen and oxygen atoms in total. The fourth-order valence-electron chi connectivity index (χ4n) is 3.21. The van der Waals surface area contributed by atoms with Crippen molar-refractivity contribution in [2.45, 2.75) is 19.4 Å². The number of nitrogens with one attached hydrogen (secondary N) is 1. The summed E-state index contributed by atoms with van der Waals surface area (Å²) in [5.74, 6) is 1.32. The van der Waals surface area contributed by atoms with Crippen LogP contribution in [0.2, 0.25) is 5.02 Å². The lowest BCUT2D eigenvalue weighted by molar-refractivity contribution is -0.117. The predicted molar refractivity (Wildman–Crippen MR) is 111 cm³/mol. The minimum absolute atomic E-state index is 0.0906. The van der Waals surface area contributed by atoms with E-state index in [1.807, 2.05) is 24.0 Å². The lowest BCUT2D eigenvalue weighted by Gasteiger charge is -2.25. The van der Waals surface area contributed by atoms with E-state index in [0.29, 0.717) is 35.2 Å².